The van der Waals surface area contributed by atoms with Gasteiger partial charge in [-0.3, -0.25) is 0 Å². The van der Waals surface area contributed by atoms with Crippen LogP contribution in [0.4, 0.5) is 0 Å². The van der Waals surface area contributed by atoms with E-state index in [0.717, 1.165) is 29.2 Å². The fourth-order valence-corrected chi connectivity index (χ4v) is 4.98. The second-order valence-electron chi connectivity index (χ2n) is 6.49. The molecule has 7 heteroatoms. The number of fused-ring (bicyclic) bond motifs is 4. The molecule has 3 aromatic carbocycles. The van der Waals surface area contributed by atoms with E-state index in [1.54, 1.807) is 12.1 Å². The van der Waals surface area contributed by atoms with Gasteiger partial charge in [0, 0.05) is 11.5 Å². The van der Waals surface area contributed by atoms with Crippen molar-refractivity contribution in [3.63, 3.8) is 0 Å². The van der Waals surface area contributed by atoms with E-state index in [1.165, 1.54) is 11.1 Å². The average molecular weight is 497 g/mol. The Morgan fingerprint density at radius 3 is 2.48 bits per heavy atom. The van der Waals surface area contributed by atoms with E-state index in [-0.39, 0.29) is 51.0 Å². The Morgan fingerprint density at radius 1 is 1.07 bits per heavy atom. The van der Waals surface area contributed by atoms with Crippen LogP contribution >= 0.6 is 7.60 Å². The van der Waals surface area contributed by atoms with Gasteiger partial charge in [0.25, 0.3) is 0 Å². The zero-order chi connectivity index (χ0) is 16.3. The van der Waals surface area contributed by atoms with E-state index in [0.29, 0.717) is 17.0 Å². The number of rotatable bonds is 3. The summed E-state index contributed by atoms with van der Waals surface area (Å²) in [6.07, 6.45) is 2.03. The van der Waals surface area contributed by atoms with Crippen LogP contribution in [0.5, 0.6) is 0 Å². The summed E-state index contributed by atoms with van der Waals surface area (Å²) in [7, 11) is -3.91. The van der Waals surface area contributed by atoms with E-state index in [2.05, 4.69) is 6.07 Å². The van der Waals surface area contributed by atoms with Crippen LogP contribution in [0.25, 0.3) is 16.5 Å². The van der Waals surface area contributed by atoms with Gasteiger partial charge >= 0.3 is 33.8 Å². The number of allylic oxidation sites excluding steroid dienone is 1. The molecule has 0 heterocycles. The van der Waals surface area contributed by atoms with Crippen molar-refractivity contribution in [3.05, 3.63) is 77.4 Å². The molecule has 1 radical (unpaired) electrons. The predicted octanol–water partition coefficient (Wildman–Crippen LogP) is -1.31. The Balaban J connectivity index is 0.000000871. The number of halogens is 2. The van der Waals surface area contributed by atoms with Crippen molar-refractivity contribution in [3.8, 4) is 0 Å². The minimum absolute atomic E-state index is 0. The summed E-state index contributed by atoms with van der Waals surface area (Å²) >= 11 is 0. The molecule has 2 atom stereocenters. The standard InChI is InChI=1S/C20H16O3P.2ClH.Zr/c21-24(22,15-11-13-5-1-2-6-14(13)12-15)23-20-18-8-4-3-7-16(18)17-9-10-19(17)20;;;/h1-8,11-12,17H,9-10H2,(H,21,22);2*1H;/q-1;;;+3/p-2. The van der Waals surface area contributed by atoms with Gasteiger partial charge < -0.3 is 34.2 Å². The molecule has 2 unspecified atom stereocenters. The minimum Gasteiger partial charge on any atom is -1.00 e. The van der Waals surface area contributed by atoms with E-state index in [1.807, 2.05) is 42.5 Å². The zero-order valence-corrected chi connectivity index (χ0v) is 19.1. The van der Waals surface area contributed by atoms with Crippen molar-refractivity contribution < 1.29 is 65.0 Å². The maximum atomic E-state index is 12.9. The molecule has 0 amide bonds. The van der Waals surface area contributed by atoms with Crippen molar-refractivity contribution >= 4 is 29.4 Å². The average Bonchev–Trinajstić information content (AvgIpc) is 3.06. The first-order valence-corrected chi connectivity index (χ1v) is 9.72. The van der Waals surface area contributed by atoms with Gasteiger partial charge in [0.05, 0.1) is 0 Å². The quantitative estimate of drug-likeness (QED) is 0.362. The fourth-order valence-electron chi connectivity index (χ4n) is 3.81. The van der Waals surface area contributed by atoms with Crippen LogP contribution in [0.3, 0.4) is 0 Å². The molecule has 3 nitrogen and oxygen atoms in total. The van der Waals surface area contributed by atoms with E-state index < -0.39 is 7.60 Å². The third-order valence-corrected chi connectivity index (χ3v) is 6.48. The molecular weight excluding hydrogens is 481 g/mol. The van der Waals surface area contributed by atoms with Gasteiger partial charge in [0.2, 0.25) is 0 Å². The van der Waals surface area contributed by atoms with E-state index in [4.69, 9.17) is 4.52 Å². The molecule has 3 aromatic rings. The van der Waals surface area contributed by atoms with Crippen LogP contribution in [0.1, 0.15) is 29.9 Å². The molecule has 0 spiro atoms. The summed E-state index contributed by atoms with van der Waals surface area (Å²) in [5.41, 5.74) is 3.36. The van der Waals surface area contributed by atoms with Crippen LogP contribution in [0, 0.1) is 0 Å². The first-order chi connectivity index (χ1) is 11.6. The van der Waals surface area contributed by atoms with Crippen LogP contribution in [0.2, 0.25) is 0 Å². The minimum atomic E-state index is -3.91. The summed E-state index contributed by atoms with van der Waals surface area (Å²) in [5.74, 6) is 0.993. The Kier molecular flexibility index (Phi) is 6.94. The predicted molar refractivity (Wildman–Crippen MR) is 95.4 cm³/mol. The third kappa shape index (κ3) is 3.64. The zero-order valence-electron chi connectivity index (χ0n) is 14.2. The van der Waals surface area contributed by atoms with Gasteiger partial charge in [-0.25, -0.2) is 4.57 Å². The summed E-state index contributed by atoms with van der Waals surface area (Å²) in [5, 5.41) is 2.27. The Morgan fingerprint density at radius 2 is 1.78 bits per heavy atom. The maximum Gasteiger partial charge on any atom is 3.00 e. The summed E-state index contributed by atoms with van der Waals surface area (Å²) in [6.45, 7) is 0. The molecule has 0 bridgehead atoms. The van der Waals surface area contributed by atoms with Gasteiger partial charge in [0.15, 0.2) is 0 Å². The Hall–Kier alpha value is -0.757. The molecule has 0 aromatic heterocycles. The monoisotopic (exact) mass is 495 g/mol. The van der Waals surface area contributed by atoms with Crippen molar-refractivity contribution in [2.24, 2.45) is 0 Å². The molecule has 0 aliphatic heterocycles. The van der Waals surface area contributed by atoms with Gasteiger partial charge in [0.1, 0.15) is 5.76 Å². The van der Waals surface area contributed by atoms with Crippen molar-refractivity contribution in [2.45, 2.75) is 18.8 Å². The first kappa shape index (κ1) is 22.5. The third-order valence-electron chi connectivity index (χ3n) is 5.14. The first-order valence-electron chi connectivity index (χ1n) is 8.14. The molecule has 0 saturated heterocycles. The van der Waals surface area contributed by atoms with Gasteiger partial charge in [-0.05, 0) is 29.3 Å². The maximum absolute atomic E-state index is 12.9. The Bertz CT molecular complexity index is 1030. The molecule has 27 heavy (non-hydrogen) atoms. The van der Waals surface area contributed by atoms with Crippen molar-refractivity contribution in [2.75, 3.05) is 0 Å². The van der Waals surface area contributed by atoms with Crippen LogP contribution < -0.4 is 30.1 Å². The van der Waals surface area contributed by atoms with Crippen LogP contribution in [0.15, 0.2) is 66.2 Å². The van der Waals surface area contributed by atoms with Gasteiger partial charge in [-0.2, -0.15) is 6.07 Å². The number of benzene rings is 2. The molecule has 1 N–H and O–H groups in total. The second-order valence-corrected chi connectivity index (χ2v) is 8.23. The fraction of sp³-hybridized carbons (Fsp3) is 0.150. The van der Waals surface area contributed by atoms with Crippen molar-refractivity contribution in [1.82, 2.24) is 0 Å². The molecule has 1 saturated carbocycles. The topological polar surface area (TPSA) is 46.5 Å². The van der Waals surface area contributed by atoms with Crippen molar-refractivity contribution in [1.29, 1.82) is 0 Å². The molecular formula is C20H16Cl2O3PZr. The van der Waals surface area contributed by atoms with Crippen LogP contribution in [-0.2, 0) is 35.3 Å². The smallest absolute Gasteiger partial charge is 1.00 e. The summed E-state index contributed by atoms with van der Waals surface area (Å²) < 4.78 is 18.7. The van der Waals surface area contributed by atoms with E-state index >= 15 is 0 Å². The summed E-state index contributed by atoms with van der Waals surface area (Å²) in [4.78, 5) is 10.6. The number of hydrogen-bond donors (Lipinski definition) is 1. The Labute approximate surface area is 189 Å². The molecule has 2 aliphatic rings. The SMILES string of the molecule is O=P(O)(OC1=C2CCC2c2ccccc21)c1cc2ccccc2[cH-]1.[Cl-].[Cl-].[Zr+3]. The largest absolute Gasteiger partial charge is 3.00 e. The molecule has 137 valence electrons. The molecule has 1 fully saturated rings. The summed E-state index contributed by atoms with van der Waals surface area (Å²) in [6, 6.07) is 19.3. The molecule has 2 aliphatic carbocycles. The molecule has 5 rings (SSSR count). The normalized spacial score (nSPS) is 18.8. The van der Waals surface area contributed by atoms with Crippen LogP contribution in [-0.4, -0.2) is 4.89 Å². The second kappa shape index (κ2) is 8.31. The van der Waals surface area contributed by atoms with E-state index in [9.17, 15) is 9.46 Å². The number of hydrogen-bond acceptors (Lipinski definition) is 2. The van der Waals surface area contributed by atoms with Gasteiger partial charge in [-0.15, -0.1) is 35.0 Å². The van der Waals surface area contributed by atoms with Gasteiger partial charge in [-0.1, -0.05) is 30.3 Å².